The standard InChI is InChI=1S/C9H18NOS/c1-4-11-7-8-5-6-9(12-3)10(8)2/h8H,4-7H2,1-3H3/q+1/t8-/m0/s1. The van der Waals surface area contributed by atoms with Crippen LogP contribution in [-0.2, 0) is 4.74 Å². The van der Waals surface area contributed by atoms with E-state index in [0.29, 0.717) is 6.04 Å². The van der Waals surface area contributed by atoms with Crippen LogP contribution < -0.4 is 0 Å². The summed E-state index contributed by atoms with van der Waals surface area (Å²) in [6, 6.07) is 0.618. The molecular weight excluding hydrogens is 170 g/mol. The molecule has 12 heavy (non-hydrogen) atoms. The van der Waals surface area contributed by atoms with Crippen LogP contribution in [0.5, 0.6) is 0 Å². The molecule has 0 amide bonds. The van der Waals surface area contributed by atoms with Crippen molar-refractivity contribution in [3.63, 3.8) is 0 Å². The number of likely N-dealkylation sites (N-methyl/N-ethyl adjacent to an activating group) is 1. The summed E-state index contributed by atoms with van der Waals surface area (Å²) in [6.07, 6.45) is 4.64. The maximum Gasteiger partial charge on any atom is 0.210 e. The second-order valence-corrected chi connectivity index (χ2v) is 3.94. The highest BCUT2D eigenvalue weighted by atomic mass is 32.2. The molecule has 0 spiro atoms. The van der Waals surface area contributed by atoms with Crippen LogP contribution in [0.2, 0.25) is 0 Å². The van der Waals surface area contributed by atoms with Gasteiger partial charge in [-0.05, 0) is 13.2 Å². The highest BCUT2D eigenvalue weighted by Gasteiger charge is 2.29. The minimum absolute atomic E-state index is 0.618. The van der Waals surface area contributed by atoms with Crippen molar-refractivity contribution < 1.29 is 9.31 Å². The fraction of sp³-hybridized carbons (Fsp3) is 0.889. The van der Waals surface area contributed by atoms with Gasteiger partial charge < -0.3 is 4.74 Å². The number of thioether (sulfide) groups is 1. The zero-order valence-electron chi connectivity index (χ0n) is 8.17. The maximum atomic E-state index is 5.42. The monoisotopic (exact) mass is 188 g/mol. The van der Waals surface area contributed by atoms with Crippen LogP contribution in [-0.4, -0.2) is 42.2 Å². The lowest BCUT2D eigenvalue weighted by Gasteiger charge is -2.06. The first kappa shape index (κ1) is 10.1. The molecule has 1 aliphatic heterocycles. The first-order chi connectivity index (χ1) is 5.79. The van der Waals surface area contributed by atoms with Crippen molar-refractivity contribution in [1.29, 1.82) is 0 Å². The predicted octanol–water partition coefficient (Wildman–Crippen LogP) is 1.59. The molecule has 0 aromatic heterocycles. The van der Waals surface area contributed by atoms with E-state index in [-0.39, 0.29) is 0 Å². The molecule has 3 heteroatoms. The van der Waals surface area contributed by atoms with Crippen molar-refractivity contribution in [2.24, 2.45) is 0 Å². The Morgan fingerprint density at radius 1 is 1.67 bits per heavy atom. The van der Waals surface area contributed by atoms with Gasteiger partial charge in [-0.15, -0.1) is 0 Å². The summed E-state index contributed by atoms with van der Waals surface area (Å²) in [7, 11) is 2.17. The van der Waals surface area contributed by atoms with Gasteiger partial charge in [0.15, 0.2) is 6.04 Å². The molecule has 0 aliphatic carbocycles. The Morgan fingerprint density at radius 3 is 2.92 bits per heavy atom. The van der Waals surface area contributed by atoms with Gasteiger partial charge in [-0.25, -0.2) is 4.58 Å². The number of ether oxygens (including phenoxy) is 1. The Morgan fingerprint density at radius 2 is 2.42 bits per heavy atom. The molecule has 0 aromatic rings. The van der Waals surface area contributed by atoms with Crippen LogP contribution in [0.25, 0.3) is 0 Å². The van der Waals surface area contributed by atoms with Crippen LogP contribution in [0, 0.1) is 0 Å². The largest absolute Gasteiger partial charge is 0.375 e. The Balaban J connectivity index is 2.43. The van der Waals surface area contributed by atoms with Crippen LogP contribution in [0.3, 0.4) is 0 Å². The van der Waals surface area contributed by atoms with Crippen molar-refractivity contribution in [3.8, 4) is 0 Å². The van der Waals surface area contributed by atoms with Gasteiger partial charge in [0, 0.05) is 19.4 Å². The first-order valence-electron chi connectivity index (χ1n) is 4.50. The lowest BCUT2D eigenvalue weighted by Crippen LogP contribution is -2.25. The van der Waals surface area contributed by atoms with E-state index < -0.39 is 0 Å². The number of hydrogen-bond donors (Lipinski definition) is 0. The molecule has 70 valence electrons. The molecule has 0 saturated heterocycles. The smallest absolute Gasteiger partial charge is 0.210 e. The summed E-state index contributed by atoms with van der Waals surface area (Å²) < 4.78 is 7.78. The molecule has 0 fully saturated rings. The van der Waals surface area contributed by atoms with Crippen molar-refractivity contribution in [1.82, 2.24) is 0 Å². The van der Waals surface area contributed by atoms with Crippen LogP contribution >= 0.6 is 11.8 Å². The zero-order chi connectivity index (χ0) is 8.97. The Bertz CT molecular complexity index is 179. The van der Waals surface area contributed by atoms with Gasteiger partial charge in [0.05, 0.1) is 0 Å². The Hall–Kier alpha value is -0.0200. The van der Waals surface area contributed by atoms with Crippen LogP contribution in [0.4, 0.5) is 0 Å². The summed E-state index contributed by atoms with van der Waals surface area (Å²) in [5.41, 5.74) is 0. The molecule has 0 aromatic carbocycles. The fourth-order valence-corrected chi connectivity index (χ4v) is 2.32. The summed E-state index contributed by atoms with van der Waals surface area (Å²) in [5, 5.41) is 1.50. The summed E-state index contributed by atoms with van der Waals surface area (Å²) in [6.45, 7) is 3.77. The van der Waals surface area contributed by atoms with Gasteiger partial charge in [-0.3, -0.25) is 0 Å². The van der Waals surface area contributed by atoms with E-state index in [1.807, 2.05) is 18.7 Å². The minimum atomic E-state index is 0.618. The highest BCUT2D eigenvalue weighted by molar-refractivity contribution is 8.13. The number of hydrogen-bond acceptors (Lipinski definition) is 2. The molecule has 1 aliphatic rings. The second kappa shape index (κ2) is 4.87. The molecule has 0 N–H and O–H groups in total. The Labute approximate surface area is 79.0 Å². The molecular formula is C9H18NOS+. The average Bonchev–Trinajstić information content (AvgIpc) is 2.43. The first-order valence-corrected chi connectivity index (χ1v) is 5.72. The van der Waals surface area contributed by atoms with Crippen LogP contribution in [0.15, 0.2) is 0 Å². The van der Waals surface area contributed by atoms with Gasteiger partial charge in [-0.1, -0.05) is 11.8 Å². The Kier molecular flexibility index (Phi) is 4.09. The summed E-state index contributed by atoms with van der Waals surface area (Å²) in [4.78, 5) is 0. The van der Waals surface area contributed by atoms with Crippen molar-refractivity contribution in [2.45, 2.75) is 25.8 Å². The molecule has 0 saturated carbocycles. The van der Waals surface area contributed by atoms with E-state index in [9.17, 15) is 0 Å². The minimum Gasteiger partial charge on any atom is -0.375 e. The second-order valence-electron chi connectivity index (χ2n) is 3.06. The molecule has 1 atom stereocenters. The average molecular weight is 188 g/mol. The molecule has 0 bridgehead atoms. The van der Waals surface area contributed by atoms with Gasteiger partial charge in [-0.2, -0.15) is 0 Å². The van der Waals surface area contributed by atoms with Gasteiger partial charge in [0.25, 0.3) is 0 Å². The van der Waals surface area contributed by atoms with Gasteiger partial charge in [0.2, 0.25) is 5.04 Å². The molecule has 1 rings (SSSR count). The topological polar surface area (TPSA) is 12.2 Å². The fourth-order valence-electron chi connectivity index (χ4n) is 1.56. The summed E-state index contributed by atoms with van der Waals surface area (Å²) in [5.74, 6) is 0. The lowest BCUT2D eigenvalue weighted by atomic mass is 10.2. The molecule has 0 radical (unpaired) electrons. The zero-order valence-corrected chi connectivity index (χ0v) is 8.99. The number of rotatable bonds is 3. The van der Waals surface area contributed by atoms with Crippen molar-refractivity contribution >= 4 is 16.8 Å². The third kappa shape index (κ3) is 2.23. The van der Waals surface area contributed by atoms with E-state index in [4.69, 9.17) is 4.74 Å². The van der Waals surface area contributed by atoms with E-state index in [1.54, 1.807) is 0 Å². The summed E-state index contributed by atoms with van der Waals surface area (Å²) >= 11 is 1.86. The lowest BCUT2D eigenvalue weighted by molar-refractivity contribution is -0.531. The van der Waals surface area contributed by atoms with E-state index in [2.05, 4.69) is 17.9 Å². The van der Waals surface area contributed by atoms with Crippen molar-refractivity contribution in [2.75, 3.05) is 26.5 Å². The maximum absolute atomic E-state index is 5.42. The number of nitrogens with zero attached hydrogens (tertiary/aromatic N) is 1. The molecule has 2 nitrogen and oxygen atoms in total. The van der Waals surface area contributed by atoms with Gasteiger partial charge >= 0.3 is 0 Å². The molecule has 0 unspecified atom stereocenters. The van der Waals surface area contributed by atoms with E-state index >= 15 is 0 Å². The SMILES string of the molecule is CCOC[C@@H]1CCC(SC)=[N+]1C. The van der Waals surface area contributed by atoms with Crippen LogP contribution in [0.1, 0.15) is 19.8 Å². The van der Waals surface area contributed by atoms with E-state index in [1.165, 1.54) is 17.9 Å². The normalized spacial score (nSPS) is 23.8. The molecule has 1 heterocycles. The third-order valence-electron chi connectivity index (χ3n) is 2.38. The quantitative estimate of drug-likeness (QED) is 0.624. The van der Waals surface area contributed by atoms with E-state index in [0.717, 1.165) is 13.2 Å². The predicted molar refractivity (Wildman–Crippen MR) is 54.2 cm³/mol. The third-order valence-corrected chi connectivity index (χ3v) is 3.35. The van der Waals surface area contributed by atoms with Crippen molar-refractivity contribution in [3.05, 3.63) is 0 Å². The van der Waals surface area contributed by atoms with Gasteiger partial charge in [0.1, 0.15) is 13.7 Å². The highest BCUT2D eigenvalue weighted by Crippen LogP contribution is 2.17.